The largest absolute Gasteiger partial charge is 0.370 e. The first-order chi connectivity index (χ1) is 16.2. The number of nitrogens with two attached hydrogens (primary N) is 1. The molecule has 176 valence electrons. The van der Waals surface area contributed by atoms with Crippen molar-refractivity contribution in [3.8, 4) is 0 Å². The molecule has 0 bridgehead atoms. The number of rotatable bonds is 9. The average Bonchev–Trinajstić information content (AvgIpc) is 2.80. The number of aryl methyl sites for hydroxylation is 1. The van der Waals surface area contributed by atoms with E-state index in [1.807, 2.05) is 6.92 Å². The van der Waals surface area contributed by atoms with Crippen molar-refractivity contribution in [2.24, 2.45) is 5.73 Å². The zero-order chi connectivity index (χ0) is 24.7. The summed E-state index contributed by atoms with van der Waals surface area (Å²) in [7, 11) is -3.83. The molecule has 0 fully saturated rings. The first-order valence-electron chi connectivity index (χ1n) is 10.3. The maximum atomic E-state index is 12.7. The lowest BCUT2D eigenvalue weighted by Crippen LogP contribution is -2.28. The number of hydrogen-bond acceptors (Lipinski definition) is 5. The molecule has 0 unspecified atom stereocenters. The summed E-state index contributed by atoms with van der Waals surface area (Å²) in [5.41, 5.74) is 7.18. The lowest BCUT2D eigenvalue weighted by molar-refractivity contribution is -0.117. The van der Waals surface area contributed by atoms with Gasteiger partial charge in [-0.3, -0.25) is 19.1 Å². The molecule has 0 radical (unpaired) electrons. The number of carbonyl (C=O) groups is 3. The Balaban J connectivity index is 1.70. The minimum Gasteiger partial charge on any atom is -0.370 e. The molecule has 0 spiro atoms. The summed E-state index contributed by atoms with van der Waals surface area (Å²) in [5, 5.41) is 5.22. The zero-order valence-corrected chi connectivity index (χ0v) is 19.2. The Morgan fingerprint density at radius 2 is 1.50 bits per heavy atom. The molecule has 5 N–H and O–H groups in total. The first kappa shape index (κ1) is 24.5. The quantitative estimate of drug-likeness (QED) is 0.372. The molecule has 3 rings (SSSR count). The standard InChI is InChI=1S/C24H24N4O5S/c1-16-6-10-18(11-7-16)28-34(32,33)19-12-8-17(9-13-19)23(30)27-21-5-3-2-4-20(21)24(31)26-15-14-22(25)29/h2-13,28H,14-15H2,1H3,(H2,25,29)(H,26,31)(H,27,30). The zero-order valence-electron chi connectivity index (χ0n) is 18.4. The Morgan fingerprint density at radius 3 is 2.15 bits per heavy atom. The smallest absolute Gasteiger partial charge is 0.261 e. The normalized spacial score (nSPS) is 10.9. The van der Waals surface area contributed by atoms with E-state index in [0.29, 0.717) is 5.69 Å². The highest BCUT2D eigenvalue weighted by Gasteiger charge is 2.17. The van der Waals surface area contributed by atoms with E-state index in [0.717, 1.165) is 5.56 Å². The maximum Gasteiger partial charge on any atom is 0.261 e. The summed E-state index contributed by atoms with van der Waals surface area (Å²) in [6, 6.07) is 18.7. The molecule has 0 aliphatic carbocycles. The van der Waals surface area contributed by atoms with Gasteiger partial charge in [0.05, 0.1) is 16.1 Å². The Morgan fingerprint density at radius 1 is 0.853 bits per heavy atom. The van der Waals surface area contributed by atoms with Crippen LogP contribution in [-0.2, 0) is 14.8 Å². The molecule has 3 aromatic carbocycles. The second-order valence-corrected chi connectivity index (χ2v) is 9.15. The van der Waals surface area contributed by atoms with Crippen molar-refractivity contribution in [3.05, 3.63) is 89.5 Å². The Hall–Kier alpha value is -4.18. The van der Waals surface area contributed by atoms with Crippen molar-refractivity contribution in [3.63, 3.8) is 0 Å². The van der Waals surface area contributed by atoms with Crippen molar-refractivity contribution < 1.29 is 22.8 Å². The van der Waals surface area contributed by atoms with Gasteiger partial charge in [0.2, 0.25) is 5.91 Å². The van der Waals surface area contributed by atoms with Crippen LogP contribution >= 0.6 is 0 Å². The molecule has 3 aromatic rings. The van der Waals surface area contributed by atoms with Gasteiger partial charge in [0, 0.05) is 24.2 Å². The molecule has 10 heteroatoms. The molecule has 3 amide bonds. The van der Waals surface area contributed by atoms with Gasteiger partial charge < -0.3 is 16.4 Å². The Labute approximate surface area is 197 Å². The molecule has 0 saturated carbocycles. The number of anilines is 2. The highest BCUT2D eigenvalue weighted by atomic mass is 32.2. The van der Waals surface area contributed by atoms with Crippen LogP contribution in [0.3, 0.4) is 0 Å². The number of benzene rings is 3. The predicted octanol–water partition coefficient (Wildman–Crippen LogP) is 2.65. The van der Waals surface area contributed by atoms with E-state index in [1.165, 1.54) is 30.3 Å². The van der Waals surface area contributed by atoms with E-state index in [9.17, 15) is 22.8 Å². The molecule has 0 aliphatic heterocycles. The monoisotopic (exact) mass is 480 g/mol. The molecule has 0 saturated heterocycles. The third-order valence-electron chi connectivity index (χ3n) is 4.81. The molecule has 34 heavy (non-hydrogen) atoms. The minimum absolute atomic E-state index is 0.00106. The summed E-state index contributed by atoms with van der Waals surface area (Å²) in [6.07, 6.45) is -0.00566. The van der Waals surface area contributed by atoms with Crippen molar-refractivity contribution in [2.75, 3.05) is 16.6 Å². The van der Waals surface area contributed by atoms with E-state index in [1.54, 1.807) is 42.5 Å². The van der Waals surface area contributed by atoms with Crippen molar-refractivity contribution >= 4 is 39.1 Å². The summed E-state index contributed by atoms with van der Waals surface area (Å²) in [6.45, 7) is 1.97. The number of sulfonamides is 1. The number of amides is 3. The fraction of sp³-hybridized carbons (Fsp3) is 0.125. The van der Waals surface area contributed by atoms with Gasteiger partial charge in [-0.05, 0) is 55.5 Å². The second-order valence-electron chi connectivity index (χ2n) is 7.47. The summed E-state index contributed by atoms with van der Waals surface area (Å²) in [4.78, 5) is 36.0. The van der Waals surface area contributed by atoms with Crippen molar-refractivity contribution in [2.45, 2.75) is 18.2 Å². The fourth-order valence-corrected chi connectivity index (χ4v) is 4.06. The van der Waals surface area contributed by atoms with Crippen LogP contribution in [0.15, 0.2) is 77.7 Å². The number of carbonyl (C=O) groups excluding carboxylic acids is 3. The lowest BCUT2D eigenvalue weighted by Gasteiger charge is -2.12. The fourth-order valence-electron chi connectivity index (χ4n) is 3.00. The third kappa shape index (κ3) is 6.42. The van der Waals surface area contributed by atoms with E-state index in [2.05, 4.69) is 15.4 Å². The second kappa shape index (κ2) is 10.6. The van der Waals surface area contributed by atoms with Gasteiger partial charge in [-0.25, -0.2) is 8.42 Å². The SMILES string of the molecule is Cc1ccc(NS(=O)(=O)c2ccc(C(=O)Nc3ccccc3C(=O)NCCC(N)=O)cc2)cc1. The predicted molar refractivity (Wildman–Crippen MR) is 129 cm³/mol. The number of hydrogen-bond donors (Lipinski definition) is 4. The molecule has 0 aromatic heterocycles. The maximum absolute atomic E-state index is 12.7. The van der Waals surface area contributed by atoms with Gasteiger partial charge in [-0.15, -0.1) is 0 Å². The van der Waals surface area contributed by atoms with Crippen LogP contribution in [0.25, 0.3) is 0 Å². The van der Waals surface area contributed by atoms with Gasteiger partial charge in [0.1, 0.15) is 0 Å². The van der Waals surface area contributed by atoms with Gasteiger partial charge in [0.25, 0.3) is 21.8 Å². The number of nitrogens with one attached hydrogen (secondary N) is 3. The van der Waals surface area contributed by atoms with Crippen LogP contribution in [0.5, 0.6) is 0 Å². The summed E-state index contributed by atoms with van der Waals surface area (Å²) < 4.78 is 27.7. The molecular formula is C24H24N4O5S. The molecule has 0 atom stereocenters. The molecule has 9 nitrogen and oxygen atoms in total. The van der Waals surface area contributed by atoms with Crippen LogP contribution in [0.4, 0.5) is 11.4 Å². The van der Waals surface area contributed by atoms with E-state index < -0.39 is 27.7 Å². The summed E-state index contributed by atoms with van der Waals surface area (Å²) >= 11 is 0. The van der Waals surface area contributed by atoms with Gasteiger partial charge in [-0.2, -0.15) is 0 Å². The lowest BCUT2D eigenvalue weighted by atomic mass is 10.1. The van der Waals surface area contributed by atoms with E-state index in [-0.39, 0.29) is 34.7 Å². The highest BCUT2D eigenvalue weighted by molar-refractivity contribution is 7.92. The minimum atomic E-state index is -3.83. The number of primary amides is 1. The van der Waals surface area contributed by atoms with E-state index in [4.69, 9.17) is 5.73 Å². The first-order valence-corrected chi connectivity index (χ1v) is 11.8. The van der Waals surface area contributed by atoms with Crippen LogP contribution < -0.4 is 21.1 Å². The van der Waals surface area contributed by atoms with Gasteiger partial charge in [0.15, 0.2) is 0 Å². The topological polar surface area (TPSA) is 147 Å². The number of para-hydroxylation sites is 1. The molecular weight excluding hydrogens is 456 g/mol. The highest BCUT2D eigenvalue weighted by Crippen LogP contribution is 2.19. The van der Waals surface area contributed by atoms with Crippen molar-refractivity contribution in [1.82, 2.24) is 5.32 Å². The van der Waals surface area contributed by atoms with Gasteiger partial charge in [-0.1, -0.05) is 29.8 Å². The summed E-state index contributed by atoms with van der Waals surface area (Å²) in [5.74, 6) is -1.53. The van der Waals surface area contributed by atoms with E-state index >= 15 is 0 Å². The molecule has 0 heterocycles. The van der Waals surface area contributed by atoms with Gasteiger partial charge >= 0.3 is 0 Å². The van der Waals surface area contributed by atoms with Crippen LogP contribution in [-0.4, -0.2) is 32.7 Å². The Bertz CT molecular complexity index is 1300. The van der Waals surface area contributed by atoms with Crippen LogP contribution in [0.1, 0.15) is 32.7 Å². The Kier molecular flexibility index (Phi) is 7.64. The van der Waals surface area contributed by atoms with Crippen molar-refractivity contribution in [1.29, 1.82) is 0 Å². The third-order valence-corrected chi connectivity index (χ3v) is 6.20. The van der Waals surface area contributed by atoms with Crippen LogP contribution in [0, 0.1) is 6.92 Å². The average molecular weight is 481 g/mol. The molecule has 0 aliphatic rings. The van der Waals surface area contributed by atoms with Crippen LogP contribution in [0.2, 0.25) is 0 Å².